The topological polar surface area (TPSA) is 63.1 Å². The Hall–Kier alpha value is -1.86. The maximum atomic E-state index is 10.6. The molecule has 2 heterocycles. The molecular weight excluding hydrogens is 336 g/mol. The predicted molar refractivity (Wildman–Crippen MR) is 99.6 cm³/mol. The molecule has 0 unspecified atom stereocenters. The van der Waals surface area contributed by atoms with Gasteiger partial charge in [-0.2, -0.15) is 0 Å². The zero-order chi connectivity index (χ0) is 17.1. The molecule has 0 radical (unpaired) electrons. The van der Waals surface area contributed by atoms with Crippen LogP contribution in [-0.2, 0) is 16.1 Å². The zero-order valence-electron chi connectivity index (χ0n) is 13.6. The number of hydrogen-bond donors (Lipinski definition) is 2. The molecule has 2 aliphatic heterocycles. The quantitative estimate of drug-likeness (QED) is 0.882. The van der Waals surface area contributed by atoms with Gasteiger partial charge in [-0.3, -0.25) is 4.99 Å². The maximum absolute atomic E-state index is 10.6. The Kier molecular flexibility index (Phi) is 5.03. The van der Waals surface area contributed by atoms with Gasteiger partial charge >= 0.3 is 0 Å². The Balaban J connectivity index is 1.35. The van der Waals surface area contributed by atoms with Gasteiger partial charge < -0.3 is 19.9 Å². The average molecular weight is 356 g/mol. The van der Waals surface area contributed by atoms with Gasteiger partial charge in [0.2, 0.25) is 0 Å². The molecule has 0 spiro atoms. The van der Waals surface area contributed by atoms with E-state index in [1.807, 2.05) is 60.7 Å². The molecule has 0 bridgehead atoms. The third kappa shape index (κ3) is 3.88. The summed E-state index contributed by atoms with van der Waals surface area (Å²) in [5.74, 6) is 0. The van der Waals surface area contributed by atoms with Crippen molar-refractivity contribution in [3.63, 3.8) is 0 Å². The van der Waals surface area contributed by atoms with E-state index in [0.717, 1.165) is 16.4 Å². The number of nitrogens with zero attached hydrogens (tertiary/aromatic N) is 1. The van der Waals surface area contributed by atoms with Gasteiger partial charge in [0.25, 0.3) is 0 Å². The number of rotatable bonds is 4. The number of hydrogen-bond acceptors (Lipinski definition) is 6. The van der Waals surface area contributed by atoms with Crippen molar-refractivity contribution >= 4 is 22.6 Å². The lowest BCUT2D eigenvalue weighted by Gasteiger charge is -2.34. The smallest absolute Gasteiger partial charge is 0.185 e. The molecule has 0 amide bonds. The SMILES string of the molecule is O[C@@H]1[C@H](OCc2ccccc2)OC[C@H]2N=C(Nc3ccccc3)S[C@@H]12. The van der Waals surface area contributed by atoms with Crippen molar-refractivity contribution in [1.29, 1.82) is 0 Å². The number of benzene rings is 2. The van der Waals surface area contributed by atoms with Crippen molar-refractivity contribution < 1.29 is 14.6 Å². The van der Waals surface area contributed by atoms with Crippen LogP contribution in [0.5, 0.6) is 0 Å². The van der Waals surface area contributed by atoms with Gasteiger partial charge in [-0.25, -0.2) is 0 Å². The van der Waals surface area contributed by atoms with Crippen molar-refractivity contribution in [2.45, 2.75) is 30.3 Å². The molecule has 0 aliphatic carbocycles. The van der Waals surface area contributed by atoms with E-state index in [4.69, 9.17) is 9.47 Å². The normalized spacial score (nSPS) is 28.3. The molecule has 2 aromatic rings. The monoisotopic (exact) mass is 356 g/mol. The lowest BCUT2D eigenvalue weighted by molar-refractivity contribution is -0.220. The first-order chi connectivity index (χ1) is 12.3. The van der Waals surface area contributed by atoms with E-state index in [9.17, 15) is 5.11 Å². The second kappa shape index (κ2) is 7.58. The highest BCUT2D eigenvalue weighted by atomic mass is 32.2. The van der Waals surface area contributed by atoms with Crippen molar-refractivity contribution in [2.24, 2.45) is 4.99 Å². The summed E-state index contributed by atoms with van der Waals surface area (Å²) in [6, 6.07) is 19.7. The number of amidine groups is 1. The van der Waals surface area contributed by atoms with Gasteiger partial charge in [-0.1, -0.05) is 60.3 Å². The average Bonchev–Trinajstić information content (AvgIpc) is 3.06. The molecule has 5 nitrogen and oxygen atoms in total. The van der Waals surface area contributed by atoms with Gasteiger partial charge in [0, 0.05) is 5.69 Å². The van der Waals surface area contributed by atoms with Gasteiger partial charge in [-0.15, -0.1) is 0 Å². The number of aliphatic imine (C=N–C) groups is 1. The van der Waals surface area contributed by atoms with Crippen LogP contribution in [0.3, 0.4) is 0 Å². The van der Waals surface area contributed by atoms with Gasteiger partial charge in [0.15, 0.2) is 11.5 Å². The van der Waals surface area contributed by atoms with E-state index in [2.05, 4.69) is 10.3 Å². The summed E-state index contributed by atoms with van der Waals surface area (Å²) in [5, 5.41) is 14.7. The summed E-state index contributed by atoms with van der Waals surface area (Å²) < 4.78 is 11.5. The number of ether oxygens (including phenoxy) is 2. The van der Waals surface area contributed by atoms with Crippen LogP contribution < -0.4 is 5.32 Å². The summed E-state index contributed by atoms with van der Waals surface area (Å²) in [4.78, 5) is 4.64. The van der Waals surface area contributed by atoms with Gasteiger partial charge in [0.05, 0.1) is 24.5 Å². The second-order valence-electron chi connectivity index (χ2n) is 6.06. The van der Waals surface area contributed by atoms with Crippen molar-refractivity contribution in [2.75, 3.05) is 11.9 Å². The van der Waals surface area contributed by atoms with Gasteiger partial charge in [0.1, 0.15) is 6.10 Å². The third-order valence-electron chi connectivity index (χ3n) is 4.24. The molecule has 6 heteroatoms. The summed E-state index contributed by atoms with van der Waals surface area (Å²) >= 11 is 1.55. The fourth-order valence-corrected chi connectivity index (χ4v) is 4.14. The van der Waals surface area contributed by atoms with Crippen LogP contribution in [0.4, 0.5) is 5.69 Å². The number of aliphatic hydroxyl groups is 1. The lowest BCUT2D eigenvalue weighted by Crippen LogP contribution is -2.50. The number of anilines is 1. The summed E-state index contributed by atoms with van der Waals surface area (Å²) in [6.07, 6.45) is -1.34. The first kappa shape index (κ1) is 16.6. The van der Waals surface area contributed by atoms with Crippen LogP contribution in [0.2, 0.25) is 0 Å². The Labute approximate surface area is 151 Å². The minimum Gasteiger partial charge on any atom is -0.387 e. The van der Waals surface area contributed by atoms with Crippen LogP contribution in [-0.4, -0.2) is 40.6 Å². The van der Waals surface area contributed by atoms with E-state index in [-0.39, 0.29) is 11.3 Å². The standard InChI is InChI=1S/C19H20N2O3S/c22-16-17-15(21-19(25-17)20-14-9-5-2-6-10-14)12-24-18(16)23-11-13-7-3-1-4-8-13/h1-10,15-18,22H,11-12H2,(H,20,21)/t15-,16+,17-,18-/m1/s1. The Morgan fingerprint density at radius 3 is 2.60 bits per heavy atom. The van der Waals surface area contributed by atoms with Crippen molar-refractivity contribution in [3.05, 3.63) is 66.2 Å². The molecule has 0 saturated carbocycles. The molecule has 1 fully saturated rings. The summed E-state index contributed by atoms with van der Waals surface area (Å²) in [6.45, 7) is 0.870. The third-order valence-corrected chi connectivity index (χ3v) is 5.53. The number of para-hydroxylation sites is 1. The zero-order valence-corrected chi connectivity index (χ0v) is 14.4. The minimum absolute atomic E-state index is 0.0530. The van der Waals surface area contributed by atoms with Crippen LogP contribution in [0.25, 0.3) is 0 Å². The minimum atomic E-state index is -0.716. The molecule has 2 N–H and O–H groups in total. The lowest BCUT2D eigenvalue weighted by atomic mass is 10.1. The Morgan fingerprint density at radius 2 is 1.84 bits per heavy atom. The number of nitrogens with one attached hydrogen (secondary N) is 1. The van der Waals surface area contributed by atoms with E-state index < -0.39 is 12.4 Å². The molecule has 4 atom stereocenters. The Bertz CT molecular complexity index is 726. The summed E-state index contributed by atoms with van der Waals surface area (Å²) in [5.41, 5.74) is 2.04. The van der Waals surface area contributed by atoms with E-state index >= 15 is 0 Å². The molecular formula is C19H20N2O3S. The number of aliphatic hydroxyl groups excluding tert-OH is 1. The molecule has 0 aromatic heterocycles. The van der Waals surface area contributed by atoms with E-state index in [0.29, 0.717) is 13.2 Å². The predicted octanol–water partition coefficient (Wildman–Crippen LogP) is 2.87. The highest BCUT2D eigenvalue weighted by Gasteiger charge is 2.44. The van der Waals surface area contributed by atoms with Crippen molar-refractivity contribution in [3.8, 4) is 0 Å². The molecule has 2 aliphatic rings. The maximum Gasteiger partial charge on any atom is 0.185 e. The molecule has 2 aromatic carbocycles. The second-order valence-corrected chi connectivity index (χ2v) is 7.23. The fourth-order valence-electron chi connectivity index (χ4n) is 2.94. The Morgan fingerprint density at radius 1 is 1.12 bits per heavy atom. The van der Waals surface area contributed by atoms with Gasteiger partial charge in [-0.05, 0) is 17.7 Å². The number of thioether (sulfide) groups is 1. The fraction of sp³-hybridized carbons (Fsp3) is 0.316. The number of fused-ring (bicyclic) bond motifs is 1. The first-order valence-electron chi connectivity index (χ1n) is 8.31. The summed E-state index contributed by atoms with van der Waals surface area (Å²) in [7, 11) is 0. The highest BCUT2D eigenvalue weighted by molar-refractivity contribution is 8.15. The van der Waals surface area contributed by atoms with Crippen LogP contribution in [0.15, 0.2) is 65.7 Å². The first-order valence-corrected chi connectivity index (χ1v) is 9.19. The van der Waals surface area contributed by atoms with Crippen LogP contribution in [0, 0.1) is 0 Å². The largest absolute Gasteiger partial charge is 0.387 e. The van der Waals surface area contributed by atoms with Crippen LogP contribution in [0.1, 0.15) is 5.56 Å². The molecule has 4 rings (SSSR count). The van der Waals surface area contributed by atoms with E-state index in [1.165, 1.54) is 0 Å². The molecule has 1 saturated heterocycles. The molecule has 25 heavy (non-hydrogen) atoms. The van der Waals surface area contributed by atoms with Crippen molar-refractivity contribution in [1.82, 2.24) is 0 Å². The van der Waals surface area contributed by atoms with Crippen LogP contribution >= 0.6 is 11.8 Å². The highest BCUT2D eigenvalue weighted by Crippen LogP contribution is 2.35. The van der Waals surface area contributed by atoms with E-state index in [1.54, 1.807) is 11.8 Å². The molecule has 130 valence electrons.